The first-order valence-electron chi connectivity index (χ1n) is 6.40. The topological polar surface area (TPSA) is 49.3 Å². The van der Waals surface area contributed by atoms with Crippen molar-refractivity contribution in [2.24, 2.45) is 0 Å². The van der Waals surface area contributed by atoms with Crippen LogP contribution in [0, 0.1) is 11.6 Å². The van der Waals surface area contributed by atoms with Crippen molar-refractivity contribution in [2.75, 3.05) is 0 Å². The van der Waals surface area contributed by atoms with Gasteiger partial charge in [-0.15, -0.1) is 0 Å². The Balaban J connectivity index is 2.37. The molecule has 3 nitrogen and oxygen atoms in total. The fourth-order valence-electron chi connectivity index (χ4n) is 2.62. The van der Waals surface area contributed by atoms with Crippen molar-refractivity contribution in [1.82, 2.24) is 5.32 Å². The number of hydrogen-bond acceptors (Lipinski definition) is 2. The molecule has 1 aromatic rings. The van der Waals surface area contributed by atoms with E-state index in [1.54, 1.807) is 0 Å². The van der Waals surface area contributed by atoms with Crippen LogP contribution in [0.4, 0.5) is 8.78 Å². The van der Waals surface area contributed by atoms with Gasteiger partial charge < -0.3 is 5.11 Å². The van der Waals surface area contributed by atoms with Crippen molar-refractivity contribution in [1.29, 1.82) is 0 Å². The number of carboxylic acid groups (broad SMARTS) is 1. The average Bonchev–Trinajstić information content (AvgIpc) is 2.85. The highest BCUT2D eigenvalue weighted by molar-refractivity contribution is 5.80. The Bertz CT molecular complexity index is 486. The predicted molar refractivity (Wildman–Crippen MR) is 66.7 cm³/mol. The summed E-state index contributed by atoms with van der Waals surface area (Å²) in [5.74, 6) is -3.33. The number of benzene rings is 1. The third-order valence-electron chi connectivity index (χ3n) is 3.77. The van der Waals surface area contributed by atoms with Crippen LogP contribution in [0.5, 0.6) is 0 Å². The lowest BCUT2D eigenvalue weighted by Gasteiger charge is -2.30. The number of nitrogens with one attached hydrogen (secondary N) is 1. The van der Waals surface area contributed by atoms with Gasteiger partial charge in [-0.1, -0.05) is 25.0 Å². The second-order valence-electron chi connectivity index (χ2n) is 5.16. The van der Waals surface area contributed by atoms with Crippen molar-refractivity contribution in [3.63, 3.8) is 0 Å². The molecule has 1 aliphatic carbocycles. The van der Waals surface area contributed by atoms with Crippen LogP contribution in [0.1, 0.15) is 38.2 Å². The van der Waals surface area contributed by atoms with E-state index < -0.39 is 23.1 Å². The van der Waals surface area contributed by atoms with Gasteiger partial charge >= 0.3 is 5.97 Å². The van der Waals surface area contributed by atoms with E-state index in [4.69, 9.17) is 0 Å². The summed E-state index contributed by atoms with van der Waals surface area (Å²) in [6, 6.07) is 3.65. The molecule has 0 aromatic heterocycles. The van der Waals surface area contributed by atoms with Crippen molar-refractivity contribution in [3.8, 4) is 0 Å². The van der Waals surface area contributed by atoms with Gasteiger partial charge in [-0.05, 0) is 25.8 Å². The van der Waals surface area contributed by atoms with Gasteiger partial charge in [0.05, 0.1) is 0 Å². The predicted octanol–water partition coefficient (Wildman–Crippen LogP) is 2.80. The number of carbonyl (C=O) groups is 1. The SMILES string of the molecule is CC(NC1CCCC1)(C(=O)O)c1cccc(F)c1F. The third-order valence-corrected chi connectivity index (χ3v) is 3.77. The molecule has 2 N–H and O–H groups in total. The molecule has 0 radical (unpaired) electrons. The van der Waals surface area contributed by atoms with E-state index in [0.717, 1.165) is 31.7 Å². The molecule has 1 aliphatic rings. The smallest absolute Gasteiger partial charge is 0.328 e. The van der Waals surface area contributed by atoms with Gasteiger partial charge in [0.1, 0.15) is 5.54 Å². The molecule has 1 fully saturated rings. The Hall–Kier alpha value is -1.49. The Labute approximate surface area is 110 Å². The van der Waals surface area contributed by atoms with Crippen LogP contribution >= 0.6 is 0 Å². The Morgan fingerprint density at radius 3 is 2.58 bits per heavy atom. The summed E-state index contributed by atoms with van der Waals surface area (Å²) >= 11 is 0. The second kappa shape index (κ2) is 5.25. The van der Waals surface area contributed by atoms with Gasteiger partial charge in [-0.25, -0.2) is 13.6 Å². The van der Waals surface area contributed by atoms with Gasteiger partial charge in [-0.2, -0.15) is 0 Å². The monoisotopic (exact) mass is 269 g/mol. The van der Waals surface area contributed by atoms with Crippen LogP contribution in [-0.4, -0.2) is 17.1 Å². The van der Waals surface area contributed by atoms with Crippen LogP contribution < -0.4 is 5.32 Å². The maximum Gasteiger partial charge on any atom is 0.328 e. The highest BCUT2D eigenvalue weighted by Crippen LogP contribution is 2.29. The zero-order valence-corrected chi connectivity index (χ0v) is 10.7. The van der Waals surface area contributed by atoms with E-state index in [0.29, 0.717) is 0 Å². The summed E-state index contributed by atoms with van der Waals surface area (Å²) < 4.78 is 27.1. The largest absolute Gasteiger partial charge is 0.480 e. The molecule has 0 aliphatic heterocycles. The average molecular weight is 269 g/mol. The molecular weight excluding hydrogens is 252 g/mol. The molecule has 1 aromatic carbocycles. The van der Waals surface area contributed by atoms with E-state index in [2.05, 4.69) is 5.32 Å². The van der Waals surface area contributed by atoms with Crippen LogP contribution in [0.3, 0.4) is 0 Å². The third kappa shape index (κ3) is 2.61. The summed E-state index contributed by atoms with van der Waals surface area (Å²) in [5, 5.41) is 12.4. The lowest BCUT2D eigenvalue weighted by atomic mass is 9.90. The molecule has 2 rings (SSSR count). The minimum atomic E-state index is -1.61. The summed E-state index contributed by atoms with van der Waals surface area (Å²) in [5.41, 5.74) is -1.77. The molecular formula is C14H17F2NO2. The number of hydrogen-bond donors (Lipinski definition) is 2. The van der Waals surface area contributed by atoms with Crippen LogP contribution in [0.2, 0.25) is 0 Å². The fraction of sp³-hybridized carbons (Fsp3) is 0.500. The maximum absolute atomic E-state index is 13.9. The zero-order chi connectivity index (χ0) is 14.0. The van der Waals surface area contributed by atoms with E-state index in [1.807, 2.05) is 0 Å². The lowest BCUT2D eigenvalue weighted by molar-refractivity contribution is -0.145. The van der Waals surface area contributed by atoms with Crippen molar-refractivity contribution < 1.29 is 18.7 Å². The standard InChI is InChI=1S/C14H17F2NO2/c1-14(13(18)19,17-9-5-2-3-6-9)10-7-4-8-11(15)12(10)16/h4,7-9,17H,2-3,5-6H2,1H3,(H,18,19). The van der Waals surface area contributed by atoms with Gasteiger partial charge in [0, 0.05) is 11.6 Å². The molecule has 1 atom stereocenters. The Kier molecular flexibility index (Phi) is 3.85. The quantitative estimate of drug-likeness (QED) is 0.883. The van der Waals surface area contributed by atoms with Crippen molar-refractivity contribution >= 4 is 5.97 Å². The van der Waals surface area contributed by atoms with E-state index in [-0.39, 0.29) is 11.6 Å². The number of aliphatic carboxylic acids is 1. The minimum absolute atomic E-state index is 0.0313. The number of rotatable bonds is 4. The first kappa shape index (κ1) is 13.9. The molecule has 5 heteroatoms. The van der Waals surface area contributed by atoms with Crippen LogP contribution in [0.25, 0.3) is 0 Å². The molecule has 0 saturated heterocycles. The molecule has 19 heavy (non-hydrogen) atoms. The van der Waals surface area contributed by atoms with Gasteiger partial charge in [0.25, 0.3) is 0 Å². The first-order valence-corrected chi connectivity index (χ1v) is 6.40. The Morgan fingerprint density at radius 2 is 2.00 bits per heavy atom. The van der Waals surface area contributed by atoms with Gasteiger partial charge in [0.2, 0.25) is 0 Å². The maximum atomic E-state index is 13.9. The van der Waals surface area contributed by atoms with E-state index >= 15 is 0 Å². The summed E-state index contributed by atoms with van der Waals surface area (Å²) in [6.07, 6.45) is 3.78. The highest BCUT2D eigenvalue weighted by Gasteiger charge is 2.40. The normalized spacial score (nSPS) is 19.3. The van der Waals surface area contributed by atoms with Crippen LogP contribution in [-0.2, 0) is 10.3 Å². The van der Waals surface area contributed by atoms with Gasteiger partial charge in [0.15, 0.2) is 11.6 Å². The molecule has 0 bridgehead atoms. The number of halogens is 2. The first-order chi connectivity index (χ1) is 8.95. The fourth-order valence-corrected chi connectivity index (χ4v) is 2.62. The molecule has 1 unspecified atom stereocenters. The molecule has 0 heterocycles. The second-order valence-corrected chi connectivity index (χ2v) is 5.16. The molecule has 0 amide bonds. The van der Waals surface area contributed by atoms with E-state index in [1.165, 1.54) is 19.1 Å². The zero-order valence-electron chi connectivity index (χ0n) is 10.7. The van der Waals surface area contributed by atoms with Crippen molar-refractivity contribution in [2.45, 2.75) is 44.2 Å². The van der Waals surface area contributed by atoms with Crippen molar-refractivity contribution in [3.05, 3.63) is 35.4 Å². The minimum Gasteiger partial charge on any atom is -0.480 e. The molecule has 1 saturated carbocycles. The molecule has 0 spiro atoms. The summed E-state index contributed by atoms with van der Waals surface area (Å²) in [4.78, 5) is 11.5. The summed E-state index contributed by atoms with van der Waals surface area (Å²) in [7, 11) is 0. The van der Waals surface area contributed by atoms with Gasteiger partial charge in [-0.3, -0.25) is 5.32 Å². The Morgan fingerprint density at radius 1 is 1.37 bits per heavy atom. The molecule has 104 valence electrons. The highest BCUT2D eigenvalue weighted by atomic mass is 19.2. The van der Waals surface area contributed by atoms with Crippen LogP contribution in [0.15, 0.2) is 18.2 Å². The summed E-state index contributed by atoms with van der Waals surface area (Å²) in [6.45, 7) is 1.38. The number of carboxylic acids is 1. The lowest BCUT2D eigenvalue weighted by Crippen LogP contribution is -2.51. The van der Waals surface area contributed by atoms with E-state index in [9.17, 15) is 18.7 Å².